The second kappa shape index (κ2) is 9.86. The van der Waals surface area contributed by atoms with Crippen molar-refractivity contribution < 1.29 is 9.59 Å². The number of anilines is 1. The number of carbonyl (C=O) groups excluding carboxylic acids is 2. The van der Waals surface area contributed by atoms with Gasteiger partial charge < -0.3 is 10.2 Å². The van der Waals surface area contributed by atoms with E-state index in [1.165, 1.54) is 4.52 Å². The van der Waals surface area contributed by atoms with E-state index in [1.807, 2.05) is 44.2 Å². The molecule has 0 aliphatic rings. The molecular weight excluding hydrogens is 420 g/mol. The summed E-state index contributed by atoms with van der Waals surface area (Å²) < 4.78 is 1.46. The van der Waals surface area contributed by atoms with Gasteiger partial charge in [0.2, 0.25) is 0 Å². The van der Waals surface area contributed by atoms with Crippen LogP contribution in [0.1, 0.15) is 29.9 Å². The molecule has 4 heterocycles. The molecule has 10 nitrogen and oxygen atoms in total. The third kappa shape index (κ3) is 4.95. The molecule has 10 heteroatoms. The molecule has 4 rings (SSSR count). The summed E-state index contributed by atoms with van der Waals surface area (Å²) in [5, 5.41) is 9.62. The molecule has 0 radical (unpaired) electrons. The van der Waals surface area contributed by atoms with E-state index in [-0.39, 0.29) is 11.9 Å². The van der Waals surface area contributed by atoms with Crippen LogP contribution in [0.3, 0.4) is 0 Å². The minimum Gasteiger partial charge on any atom is -0.338 e. The largest absolute Gasteiger partial charge is 0.338 e. The van der Waals surface area contributed by atoms with Gasteiger partial charge in [-0.3, -0.25) is 20.1 Å². The maximum Gasteiger partial charge on any atom is 0.321 e. The summed E-state index contributed by atoms with van der Waals surface area (Å²) >= 11 is 0. The predicted molar refractivity (Wildman–Crippen MR) is 124 cm³/mol. The molecule has 0 atom stereocenters. The molecule has 2 N–H and O–H groups in total. The molecule has 0 aromatic carbocycles. The summed E-state index contributed by atoms with van der Waals surface area (Å²) in [5.41, 5.74) is 3.35. The van der Waals surface area contributed by atoms with Gasteiger partial charge in [-0.05, 0) is 55.3 Å². The maximum atomic E-state index is 13.6. The smallest absolute Gasteiger partial charge is 0.321 e. The standard InChI is InChI=1S/C23H24N8O2/c1-3-26-23(33)28-22-27-20-13-18(17-6-5-9-25-14-17)12-19(31(20)29-22)21(32)30(4-2)15-16-7-10-24-11-8-16/h5-14H,3-4,15H2,1-2H3,(H2,26,28,29,33). The Morgan fingerprint density at radius 3 is 2.55 bits per heavy atom. The molecule has 0 saturated heterocycles. The highest BCUT2D eigenvalue weighted by atomic mass is 16.2. The zero-order valence-electron chi connectivity index (χ0n) is 18.4. The predicted octanol–water partition coefficient (Wildman–Crippen LogP) is 2.99. The van der Waals surface area contributed by atoms with Crippen molar-refractivity contribution in [2.24, 2.45) is 0 Å². The van der Waals surface area contributed by atoms with E-state index in [0.717, 1.165) is 16.7 Å². The topological polar surface area (TPSA) is 117 Å². The molecule has 33 heavy (non-hydrogen) atoms. The van der Waals surface area contributed by atoms with Gasteiger partial charge in [0.15, 0.2) is 5.65 Å². The van der Waals surface area contributed by atoms with E-state index >= 15 is 0 Å². The first-order chi connectivity index (χ1) is 16.1. The van der Waals surface area contributed by atoms with Crippen molar-refractivity contribution in [1.82, 2.24) is 34.8 Å². The number of aromatic nitrogens is 5. The lowest BCUT2D eigenvalue weighted by Gasteiger charge is -2.21. The van der Waals surface area contributed by atoms with Crippen molar-refractivity contribution in [2.75, 3.05) is 18.4 Å². The lowest BCUT2D eigenvalue weighted by atomic mass is 10.1. The SMILES string of the molecule is CCNC(=O)Nc1nc2cc(-c3cccnc3)cc(C(=O)N(CC)Cc3ccncc3)n2n1. The first-order valence-electron chi connectivity index (χ1n) is 10.6. The zero-order chi connectivity index (χ0) is 23.2. The highest BCUT2D eigenvalue weighted by Crippen LogP contribution is 2.23. The summed E-state index contributed by atoms with van der Waals surface area (Å²) in [4.78, 5) is 39.9. The highest BCUT2D eigenvalue weighted by molar-refractivity contribution is 5.95. The molecule has 0 bridgehead atoms. The molecule has 0 saturated carbocycles. The van der Waals surface area contributed by atoms with Gasteiger partial charge in [0.25, 0.3) is 11.9 Å². The molecule has 0 aliphatic heterocycles. The first kappa shape index (κ1) is 21.9. The lowest BCUT2D eigenvalue weighted by molar-refractivity contribution is 0.0744. The summed E-state index contributed by atoms with van der Waals surface area (Å²) in [6.45, 7) is 5.13. The Labute approximate surface area is 190 Å². The quantitative estimate of drug-likeness (QED) is 0.453. The van der Waals surface area contributed by atoms with Crippen molar-refractivity contribution >= 4 is 23.5 Å². The first-order valence-corrected chi connectivity index (χ1v) is 10.6. The third-order valence-electron chi connectivity index (χ3n) is 5.01. The normalized spacial score (nSPS) is 10.7. The van der Waals surface area contributed by atoms with Crippen LogP contribution in [-0.2, 0) is 6.54 Å². The number of nitrogens with one attached hydrogen (secondary N) is 2. The summed E-state index contributed by atoms with van der Waals surface area (Å²) in [6, 6.07) is 10.7. The molecule has 0 fully saturated rings. The van der Waals surface area contributed by atoms with Gasteiger partial charge in [0.1, 0.15) is 5.69 Å². The fourth-order valence-corrected chi connectivity index (χ4v) is 3.39. The van der Waals surface area contributed by atoms with Crippen molar-refractivity contribution in [2.45, 2.75) is 20.4 Å². The van der Waals surface area contributed by atoms with Gasteiger partial charge in [-0.2, -0.15) is 4.98 Å². The fourth-order valence-electron chi connectivity index (χ4n) is 3.39. The Bertz CT molecular complexity index is 1260. The van der Waals surface area contributed by atoms with Crippen LogP contribution in [0.25, 0.3) is 16.8 Å². The maximum absolute atomic E-state index is 13.6. The van der Waals surface area contributed by atoms with E-state index in [9.17, 15) is 9.59 Å². The number of rotatable bonds is 7. The summed E-state index contributed by atoms with van der Waals surface area (Å²) in [7, 11) is 0. The highest BCUT2D eigenvalue weighted by Gasteiger charge is 2.21. The molecule has 0 unspecified atom stereocenters. The van der Waals surface area contributed by atoms with Gasteiger partial charge in [0.05, 0.1) is 0 Å². The van der Waals surface area contributed by atoms with Crippen molar-refractivity contribution in [1.29, 1.82) is 0 Å². The van der Waals surface area contributed by atoms with Gasteiger partial charge in [-0.15, -0.1) is 5.10 Å². The Morgan fingerprint density at radius 1 is 1.03 bits per heavy atom. The van der Waals surface area contributed by atoms with Crippen molar-refractivity contribution in [3.63, 3.8) is 0 Å². The minimum absolute atomic E-state index is 0.107. The monoisotopic (exact) mass is 444 g/mol. The number of amides is 3. The summed E-state index contributed by atoms with van der Waals surface area (Å²) in [5.74, 6) is -0.102. The number of hydrogen-bond acceptors (Lipinski definition) is 6. The van der Waals surface area contributed by atoms with Crippen LogP contribution in [0.2, 0.25) is 0 Å². The van der Waals surface area contributed by atoms with Gasteiger partial charge >= 0.3 is 6.03 Å². The number of fused-ring (bicyclic) bond motifs is 1. The number of nitrogens with zero attached hydrogens (tertiary/aromatic N) is 6. The second-order valence-electron chi connectivity index (χ2n) is 7.24. The van der Waals surface area contributed by atoms with E-state index in [0.29, 0.717) is 31.0 Å². The van der Waals surface area contributed by atoms with Gasteiger partial charge in [0, 0.05) is 50.0 Å². The Kier molecular flexibility index (Phi) is 6.53. The Hall–Kier alpha value is -4.34. The van der Waals surface area contributed by atoms with Crippen molar-refractivity contribution in [3.8, 4) is 11.1 Å². The molecule has 0 spiro atoms. The Morgan fingerprint density at radius 2 is 1.85 bits per heavy atom. The van der Waals surface area contributed by atoms with E-state index < -0.39 is 6.03 Å². The average Bonchev–Trinajstić information content (AvgIpc) is 3.25. The molecular formula is C23H24N8O2. The fraction of sp³-hybridized carbons (Fsp3) is 0.217. The summed E-state index contributed by atoms with van der Waals surface area (Å²) in [6.07, 6.45) is 6.81. The van der Waals surface area contributed by atoms with Crippen LogP contribution in [0, 0.1) is 0 Å². The van der Waals surface area contributed by atoms with E-state index in [2.05, 4.69) is 30.7 Å². The van der Waals surface area contributed by atoms with Crippen LogP contribution < -0.4 is 10.6 Å². The van der Waals surface area contributed by atoms with E-state index in [1.54, 1.807) is 35.8 Å². The van der Waals surface area contributed by atoms with Crippen LogP contribution in [-0.4, -0.2) is 54.5 Å². The van der Waals surface area contributed by atoms with Crippen LogP contribution in [0.15, 0.2) is 61.2 Å². The Balaban J connectivity index is 1.77. The number of hydrogen-bond donors (Lipinski definition) is 2. The lowest BCUT2D eigenvalue weighted by Crippen LogP contribution is -2.32. The number of urea groups is 1. The molecule has 3 amide bonds. The van der Waals surface area contributed by atoms with Crippen LogP contribution in [0.5, 0.6) is 0 Å². The molecule has 4 aromatic heterocycles. The second-order valence-corrected chi connectivity index (χ2v) is 7.24. The molecule has 0 aliphatic carbocycles. The van der Waals surface area contributed by atoms with Crippen LogP contribution in [0.4, 0.5) is 10.7 Å². The van der Waals surface area contributed by atoms with Gasteiger partial charge in [-0.25, -0.2) is 9.31 Å². The average molecular weight is 444 g/mol. The zero-order valence-corrected chi connectivity index (χ0v) is 18.4. The molecule has 168 valence electrons. The van der Waals surface area contributed by atoms with Gasteiger partial charge in [-0.1, -0.05) is 6.07 Å². The number of carbonyl (C=O) groups is 2. The van der Waals surface area contributed by atoms with Crippen molar-refractivity contribution in [3.05, 3.63) is 72.4 Å². The third-order valence-corrected chi connectivity index (χ3v) is 5.01. The number of pyridine rings is 3. The molecule has 4 aromatic rings. The van der Waals surface area contributed by atoms with Crippen LogP contribution >= 0.6 is 0 Å². The minimum atomic E-state index is -0.415. The van der Waals surface area contributed by atoms with E-state index in [4.69, 9.17) is 0 Å².